The van der Waals surface area contributed by atoms with Crippen LogP contribution in [0.2, 0.25) is 0 Å². The van der Waals surface area contributed by atoms with Crippen molar-refractivity contribution in [3.05, 3.63) is 58.1 Å². The van der Waals surface area contributed by atoms with Crippen LogP contribution in [0, 0.1) is 0 Å². The summed E-state index contributed by atoms with van der Waals surface area (Å²) in [7, 11) is 0. The number of carbonyl (C=O) groups excluding carboxylic acids is 1. The van der Waals surface area contributed by atoms with Gasteiger partial charge in [0, 0.05) is 21.5 Å². The minimum absolute atomic E-state index is 0.0702. The Kier molecular flexibility index (Phi) is 4.31. The molecule has 1 amide bonds. The van der Waals surface area contributed by atoms with Crippen molar-refractivity contribution in [2.24, 2.45) is 0 Å². The molecule has 3 aromatic rings. The molecule has 116 valence electrons. The summed E-state index contributed by atoms with van der Waals surface area (Å²) in [6.45, 7) is 0. The van der Waals surface area contributed by atoms with Crippen molar-refractivity contribution in [2.75, 3.05) is 4.90 Å². The van der Waals surface area contributed by atoms with E-state index in [1.807, 2.05) is 24.3 Å². The Bertz CT molecular complexity index is 840. The Morgan fingerprint density at radius 3 is 2.57 bits per heavy atom. The van der Waals surface area contributed by atoms with Gasteiger partial charge in [-0.05, 0) is 23.8 Å². The average molecular weight is 392 g/mol. The molecule has 0 fully saturated rings. The zero-order valence-electron chi connectivity index (χ0n) is 11.6. The molecule has 3 rings (SSSR count). The number of nitrogens with zero attached hydrogens (tertiary/aromatic N) is 1. The number of carboxylic acid groups (broad SMARTS) is 1. The Labute approximate surface area is 143 Å². The minimum atomic E-state index is -1.10. The van der Waals surface area contributed by atoms with Gasteiger partial charge in [-0.3, -0.25) is 4.79 Å². The van der Waals surface area contributed by atoms with Crippen molar-refractivity contribution in [2.45, 2.75) is 0 Å². The number of carbonyl (C=O) groups is 2. The van der Waals surface area contributed by atoms with Gasteiger partial charge in [-0.15, -0.1) is 11.3 Å². The van der Waals surface area contributed by atoms with E-state index in [2.05, 4.69) is 15.9 Å². The van der Waals surface area contributed by atoms with Crippen molar-refractivity contribution >= 4 is 50.5 Å². The lowest BCUT2D eigenvalue weighted by Crippen LogP contribution is -2.15. The van der Waals surface area contributed by atoms with Crippen LogP contribution in [0.5, 0.6) is 0 Å². The third-order valence-electron chi connectivity index (χ3n) is 3.21. The van der Waals surface area contributed by atoms with E-state index in [0.717, 1.165) is 10.0 Å². The molecule has 0 aliphatic heterocycles. The van der Waals surface area contributed by atoms with E-state index in [0.29, 0.717) is 17.0 Å². The number of furan rings is 1. The molecule has 23 heavy (non-hydrogen) atoms. The highest BCUT2D eigenvalue weighted by molar-refractivity contribution is 9.10. The van der Waals surface area contributed by atoms with Crippen LogP contribution < -0.4 is 4.90 Å². The van der Waals surface area contributed by atoms with E-state index in [1.165, 1.54) is 22.5 Å². The molecule has 0 spiro atoms. The van der Waals surface area contributed by atoms with Gasteiger partial charge in [-0.2, -0.15) is 0 Å². The molecule has 7 heteroatoms. The normalized spacial score (nSPS) is 10.5. The Balaban J connectivity index is 2.14. The lowest BCUT2D eigenvalue weighted by atomic mass is 10.0. The van der Waals surface area contributed by atoms with Crippen LogP contribution in [0.25, 0.3) is 11.1 Å². The number of anilines is 2. The average Bonchev–Trinajstić information content (AvgIpc) is 3.19. The maximum Gasteiger partial charge on any atom is 0.339 e. The third-order valence-corrected chi connectivity index (χ3v) is 4.71. The lowest BCUT2D eigenvalue weighted by Gasteiger charge is -2.13. The van der Waals surface area contributed by atoms with Crippen molar-refractivity contribution in [1.82, 2.24) is 0 Å². The number of benzene rings is 1. The lowest BCUT2D eigenvalue weighted by molar-refractivity contribution is -0.106. The summed E-state index contributed by atoms with van der Waals surface area (Å²) < 4.78 is 6.11. The second kappa shape index (κ2) is 6.39. The van der Waals surface area contributed by atoms with E-state index in [4.69, 9.17) is 4.42 Å². The molecule has 0 unspecified atom stereocenters. The molecule has 0 radical (unpaired) electrons. The molecule has 5 nitrogen and oxygen atoms in total. The van der Waals surface area contributed by atoms with E-state index in [1.54, 1.807) is 17.5 Å². The molecule has 2 aromatic heterocycles. The smallest absolute Gasteiger partial charge is 0.339 e. The van der Waals surface area contributed by atoms with E-state index in [-0.39, 0.29) is 11.4 Å². The SMILES string of the molecule is O=CN(c1ccco1)c1scc(-c2ccc(Br)cc2)c1C(=O)O. The van der Waals surface area contributed by atoms with Gasteiger partial charge in [0.25, 0.3) is 0 Å². The summed E-state index contributed by atoms with van der Waals surface area (Å²) in [5, 5.41) is 11.6. The molecular formula is C16H10BrNO4S. The maximum atomic E-state index is 11.8. The number of halogens is 1. The van der Waals surface area contributed by atoms with Crippen molar-refractivity contribution in [1.29, 1.82) is 0 Å². The largest absolute Gasteiger partial charge is 0.478 e. The first kappa shape index (κ1) is 15.5. The molecule has 0 atom stereocenters. The highest BCUT2D eigenvalue weighted by atomic mass is 79.9. The zero-order valence-corrected chi connectivity index (χ0v) is 14.0. The van der Waals surface area contributed by atoms with Crippen molar-refractivity contribution in [3.63, 3.8) is 0 Å². The Morgan fingerprint density at radius 1 is 1.26 bits per heavy atom. The first-order chi connectivity index (χ1) is 11.1. The standard InChI is InChI=1S/C16H10BrNO4S/c17-11-5-3-10(4-6-11)12-8-23-15(14(12)16(20)21)18(9-19)13-2-1-7-22-13/h1-9H,(H,20,21). The van der Waals surface area contributed by atoms with Crippen LogP contribution in [0.4, 0.5) is 10.9 Å². The van der Waals surface area contributed by atoms with E-state index >= 15 is 0 Å². The second-order valence-electron chi connectivity index (χ2n) is 4.57. The zero-order chi connectivity index (χ0) is 16.4. The fraction of sp³-hybridized carbons (Fsp3) is 0. The first-order valence-corrected chi connectivity index (χ1v) is 8.18. The van der Waals surface area contributed by atoms with Crippen LogP contribution >= 0.6 is 27.3 Å². The van der Waals surface area contributed by atoms with Crippen molar-refractivity contribution < 1.29 is 19.1 Å². The van der Waals surface area contributed by atoms with Gasteiger partial charge in [0.15, 0.2) is 0 Å². The summed E-state index contributed by atoms with van der Waals surface area (Å²) in [4.78, 5) is 24.4. The number of rotatable bonds is 5. The number of thiophene rings is 1. The van der Waals surface area contributed by atoms with Gasteiger partial charge in [0.2, 0.25) is 12.3 Å². The number of amides is 1. The molecule has 1 N–H and O–H groups in total. The van der Waals surface area contributed by atoms with Crippen LogP contribution in [0.15, 0.2) is 56.9 Å². The highest BCUT2D eigenvalue weighted by Crippen LogP contribution is 2.40. The van der Waals surface area contributed by atoms with Gasteiger partial charge >= 0.3 is 5.97 Å². The van der Waals surface area contributed by atoms with Crippen LogP contribution in [0.3, 0.4) is 0 Å². The molecule has 2 heterocycles. The molecule has 0 aliphatic rings. The first-order valence-electron chi connectivity index (χ1n) is 6.50. The molecular weight excluding hydrogens is 382 g/mol. The maximum absolute atomic E-state index is 11.8. The molecule has 1 aromatic carbocycles. The van der Waals surface area contributed by atoms with E-state index in [9.17, 15) is 14.7 Å². The van der Waals surface area contributed by atoms with Gasteiger partial charge in [0.05, 0.1) is 6.26 Å². The van der Waals surface area contributed by atoms with Gasteiger partial charge in [0.1, 0.15) is 10.6 Å². The summed E-state index contributed by atoms with van der Waals surface area (Å²) in [5.41, 5.74) is 1.39. The summed E-state index contributed by atoms with van der Waals surface area (Å²) in [6, 6.07) is 10.5. The highest BCUT2D eigenvalue weighted by Gasteiger charge is 2.25. The van der Waals surface area contributed by atoms with Gasteiger partial charge in [-0.1, -0.05) is 28.1 Å². The summed E-state index contributed by atoms with van der Waals surface area (Å²) >= 11 is 4.53. The fourth-order valence-electron chi connectivity index (χ4n) is 2.18. The molecule has 0 aliphatic carbocycles. The number of hydrogen-bond donors (Lipinski definition) is 1. The second-order valence-corrected chi connectivity index (χ2v) is 6.34. The number of carboxylic acids is 1. The monoisotopic (exact) mass is 391 g/mol. The molecule has 0 saturated carbocycles. The topological polar surface area (TPSA) is 70.8 Å². The number of hydrogen-bond acceptors (Lipinski definition) is 4. The van der Waals surface area contributed by atoms with Crippen LogP contribution in [0.1, 0.15) is 10.4 Å². The molecule has 0 saturated heterocycles. The molecule has 0 bridgehead atoms. The Morgan fingerprint density at radius 2 is 2.00 bits per heavy atom. The minimum Gasteiger partial charge on any atom is -0.478 e. The van der Waals surface area contributed by atoms with Crippen LogP contribution in [-0.4, -0.2) is 17.5 Å². The van der Waals surface area contributed by atoms with Crippen LogP contribution in [-0.2, 0) is 4.79 Å². The van der Waals surface area contributed by atoms with Crippen molar-refractivity contribution in [3.8, 4) is 11.1 Å². The van der Waals surface area contributed by atoms with Gasteiger partial charge < -0.3 is 9.52 Å². The van der Waals surface area contributed by atoms with Gasteiger partial charge in [-0.25, -0.2) is 9.69 Å². The van der Waals surface area contributed by atoms with E-state index < -0.39 is 5.97 Å². The summed E-state index contributed by atoms with van der Waals surface area (Å²) in [5.74, 6) is -0.829. The predicted molar refractivity (Wildman–Crippen MR) is 91.3 cm³/mol. The number of aromatic carboxylic acids is 1. The fourth-order valence-corrected chi connectivity index (χ4v) is 3.49. The summed E-state index contributed by atoms with van der Waals surface area (Å²) in [6.07, 6.45) is 1.97. The Hall–Kier alpha value is -2.38. The quantitative estimate of drug-likeness (QED) is 0.636. The third kappa shape index (κ3) is 2.93. The predicted octanol–water partition coefficient (Wildman–Crippen LogP) is 4.76.